The molecule has 18 heavy (non-hydrogen) atoms. The van der Waals surface area contributed by atoms with Gasteiger partial charge in [0.15, 0.2) is 11.6 Å². The topological polar surface area (TPSA) is 58.6 Å². The summed E-state index contributed by atoms with van der Waals surface area (Å²) in [6.45, 7) is 5.83. The summed E-state index contributed by atoms with van der Waals surface area (Å²) < 4.78 is 0. The standard InChI is InChI=1S/C14H17N3O/c1-9(2)7-13-15-14(17-16-13)12-6-4-5-11(8-12)10(3)18/h4-6,8-9H,7H2,1-3H3,(H,15,16,17). The lowest BCUT2D eigenvalue weighted by atomic mass is 10.1. The summed E-state index contributed by atoms with van der Waals surface area (Å²) in [5.41, 5.74) is 1.55. The van der Waals surface area contributed by atoms with E-state index in [-0.39, 0.29) is 5.78 Å². The van der Waals surface area contributed by atoms with E-state index < -0.39 is 0 Å². The SMILES string of the molecule is CC(=O)c1cccc(-c2n[nH]c(CC(C)C)n2)c1. The summed E-state index contributed by atoms with van der Waals surface area (Å²) in [7, 11) is 0. The molecule has 0 saturated carbocycles. The Balaban J connectivity index is 2.28. The van der Waals surface area contributed by atoms with Crippen molar-refractivity contribution in [3.63, 3.8) is 0 Å². The Kier molecular flexibility index (Phi) is 3.55. The van der Waals surface area contributed by atoms with E-state index in [1.807, 2.05) is 18.2 Å². The van der Waals surface area contributed by atoms with E-state index >= 15 is 0 Å². The van der Waals surface area contributed by atoms with Gasteiger partial charge >= 0.3 is 0 Å². The second-order valence-electron chi connectivity index (χ2n) is 4.84. The molecule has 0 saturated heterocycles. The first-order valence-electron chi connectivity index (χ1n) is 6.09. The maximum Gasteiger partial charge on any atom is 0.181 e. The van der Waals surface area contributed by atoms with Crippen LogP contribution >= 0.6 is 0 Å². The molecule has 0 fully saturated rings. The number of Topliss-reactive ketones (excluding diaryl/α,β-unsaturated/α-hetero) is 1. The third kappa shape index (κ3) is 2.83. The monoisotopic (exact) mass is 243 g/mol. The molecule has 0 spiro atoms. The fourth-order valence-corrected chi connectivity index (χ4v) is 1.78. The van der Waals surface area contributed by atoms with Crippen LogP contribution in [0.4, 0.5) is 0 Å². The molecule has 0 amide bonds. The van der Waals surface area contributed by atoms with Crippen molar-refractivity contribution in [3.05, 3.63) is 35.7 Å². The van der Waals surface area contributed by atoms with Crippen LogP contribution in [0.15, 0.2) is 24.3 Å². The minimum absolute atomic E-state index is 0.0507. The van der Waals surface area contributed by atoms with Crippen molar-refractivity contribution < 1.29 is 4.79 Å². The Labute approximate surface area is 106 Å². The van der Waals surface area contributed by atoms with Crippen molar-refractivity contribution in [2.24, 2.45) is 5.92 Å². The molecule has 0 bridgehead atoms. The third-order valence-electron chi connectivity index (χ3n) is 2.66. The lowest BCUT2D eigenvalue weighted by molar-refractivity contribution is 0.101. The van der Waals surface area contributed by atoms with E-state index in [0.29, 0.717) is 17.3 Å². The van der Waals surface area contributed by atoms with Crippen LogP contribution in [-0.4, -0.2) is 21.0 Å². The van der Waals surface area contributed by atoms with Crippen molar-refractivity contribution in [1.29, 1.82) is 0 Å². The van der Waals surface area contributed by atoms with Crippen LogP contribution in [0.25, 0.3) is 11.4 Å². The number of benzene rings is 1. The van der Waals surface area contributed by atoms with Crippen LogP contribution in [0.2, 0.25) is 0 Å². The Morgan fingerprint density at radius 3 is 2.83 bits per heavy atom. The predicted molar refractivity (Wildman–Crippen MR) is 70.4 cm³/mol. The number of hydrogen-bond acceptors (Lipinski definition) is 3. The minimum Gasteiger partial charge on any atom is -0.295 e. The van der Waals surface area contributed by atoms with Gasteiger partial charge in [0.05, 0.1) is 0 Å². The van der Waals surface area contributed by atoms with Gasteiger partial charge in [-0.15, -0.1) is 0 Å². The molecule has 4 nitrogen and oxygen atoms in total. The van der Waals surface area contributed by atoms with Crippen LogP contribution in [0.5, 0.6) is 0 Å². The van der Waals surface area contributed by atoms with E-state index in [1.54, 1.807) is 13.0 Å². The van der Waals surface area contributed by atoms with Crippen LogP contribution in [0.3, 0.4) is 0 Å². The molecule has 94 valence electrons. The first-order valence-corrected chi connectivity index (χ1v) is 6.09. The molecule has 0 aliphatic heterocycles. The summed E-state index contributed by atoms with van der Waals surface area (Å²) in [6.07, 6.45) is 0.874. The van der Waals surface area contributed by atoms with Gasteiger partial charge in [-0.05, 0) is 18.9 Å². The zero-order chi connectivity index (χ0) is 13.1. The highest BCUT2D eigenvalue weighted by atomic mass is 16.1. The average Bonchev–Trinajstić information content (AvgIpc) is 2.77. The van der Waals surface area contributed by atoms with Gasteiger partial charge in [-0.25, -0.2) is 4.98 Å². The van der Waals surface area contributed by atoms with Gasteiger partial charge in [0.1, 0.15) is 5.82 Å². The molecule has 1 aromatic heterocycles. The lowest BCUT2D eigenvalue weighted by Crippen LogP contribution is -1.96. The van der Waals surface area contributed by atoms with E-state index in [2.05, 4.69) is 29.0 Å². The van der Waals surface area contributed by atoms with Crippen LogP contribution < -0.4 is 0 Å². The van der Waals surface area contributed by atoms with Gasteiger partial charge in [0.2, 0.25) is 0 Å². The molecule has 4 heteroatoms. The number of hydrogen-bond donors (Lipinski definition) is 1. The minimum atomic E-state index is 0.0507. The molecule has 2 rings (SSSR count). The molecular weight excluding hydrogens is 226 g/mol. The summed E-state index contributed by atoms with van der Waals surface area (Å²) in [6, 6.07) is 7.39. The maximum atomic E-state index is 11.3. The summed E-state index contributed by atoms with van der Waals surface area (Å²) in [4.78, 5) is 15.8. The van der Waals surface area contributed by atoms with Gasteiger partial charge in [0.25, 0.3) is 0 Å². The van der Waals surface area contributed by atoms with E-state index in [1.165, 1.54) is 0 Å². The number of aromatic nitrogens is 3. The number of nitrogens with one attached hydrogen (secondary N) is 1. The molecule has 0 aliphatic rings. The summed E-state index contributed by atoms with van der Waals surface area (Å²) >= 11 is 0. The second-order valence-corrected chi connectivity index (χ2v) is 4.84. The fraction of sp³-hybridized carbons (Fsp3) is 0.357. The fourth-order valence-electron chi connectivity index (χ4n) is 1.78. The number of carbonyl (C=O) groups is 1. The highest BCUT2D eigenvalue weighted by molar-refractivity contribution is 5.95. The molecule has 1 aromatic carbocycles. The third-order valence-corrected chi connectivity index (χ3v) is 2.66. The number of nitrogens with zero attached hydrogens (tertiary/aromatic N) is 2. The number of rotatable bonds is 4. The smallest absolute Gasteiger partial charge is 0.181 e. The molecule has 0 atom stereocenters. The van der Waals surface area contributed by atoms with Gasteiger partial charge in [-0.1, -0.05) is 32.0 Å². The normalized spacial score (nSPS) is 10.9. The molecule has 0 radical (unpaired) electrons. The van der Waals surface area contributed by atoms with Crippen molar-refractivity contribution in [1.82, 2.24) is 15.2 Å². The number of ketones is 1. The first kappa shape index (κ1) is 12.5. The van der Waals surface area contributed by atoms with Crippen LogP contribution in [-0.2, 0) is 6.42 Å². The van der Waals surface area contributed by atoms with Crippen molar-refractivity contribution in [2.75, 3.05) is 0 Å². The number of carbonyl (C=O) groups excluding carboxylic acids is 1. The Morgan fingerprint density at radius 1 is 1.39 bits per heavy atom. The largest absolute Gasteiger partial charge is 0.295 e. The predicted octanol–water partition coefficient (Wildman–Crippen LogP) is 2.87. The highest BCUT2D eigenvalue weighted by Crippen LogP contribution is 2.17. The maximum absolute atomic E-state index is 11.3. The number of aromatic amines is 1. The Morgan fingerprint density at radius 2 is 2.17 bits per heavy atom. The van der Waals surface area contributed by atoms with Crippen molar-refractivity contribution in [2.45, 2.75) is 27.2 Å². The van der Waals surface area contributed by atoms with Gasteiger partial charge in [0, 0.05) is 17.5 Å². The number of H-pyrrole nitrogens is 1. The molecule has 0 unspecified atom stereocenters. The van der Waals surface area contributed by atoms with Gasteiger partial charge in [-0.2, -0.15) is 5.10 Å². The van der Waals surface area contributed by atoms with Crippen molar-refractivity contribution >= 4 is 5.78 Å². The summed E-state index contributed by atoms with van der Waals surface area (Å²) in [5, 5.41) is 7.13. The molecule has 1 heterocycles. The average molecular weight is 243 g/mol. The second kappa shape index (κ2) is 5.12. The molecule has 0 aliphatic carbocycles. The zero-order valence-electron chi connectivity index (χ0n) is 10.9. The Bertz CT molecular complexity index is 558. The van der Waals surface area contributed by atoms with Gasteiger partial charge in [-0.3, -0.25) is 9.89 Å². The highest BCUT2D eigenvalue weighted by Gasteiger charge is 2.08. The lowest BCUT2D eigenvalue weighted by Gasteiger charge is -1.99. The molecular formula is C14H17N3O. The first-order chi connectivity index (χ1) is 8.56. The van der Waals surface area contributed by atoms with Crippen LogP contribution in [0, 0.1) is 5.92 Å². The van der Waals surface area contributed by atoms with Gasteiger partial charge < -0.3 is 0 Å². The molecule has 2 aromatic rings. The van der Waals surface area contributed by atoms with E-state index in [0.717, 1.165) is 17.8 Å². The molecule has 1 N–H and O–H groups in total. The summed E-state index contributed by atoms with van der Waals surface area (Å²) in [5.74, 6) is 2.12. The Hall–Kier alpha value is -1.97. The van der Waals surface area contributed by atoms with E-state index in [4.69, 9.17) is 0 Å². The van der Waals surface area contributed by atoms with Crippen LogP contribution in [0.1, 0.15) is 37.0 Å². The van der Waals surface area contributed by atoms with Crippen molar-refractivity contribution in [3.8, 4) is 11.4 Å². The zero-order valence-corrected chi connectivity index (χ0v) is 10.9. The quantitative estimate of drug-likeness (QED) is 0.840. The van der Waals surface area contributed by atoms with E-state index in [9.17, 15) is 4.79 Å².